The molecule has 0 atom stereocenters. The van der Waals surface area contributed by atoms with Gasteiger partial charge in [0.25, 0.3) is 0 Å². The summed E-state index contributed by atoms with van der Waals surface area (Å²) in [7, 11) is 0. The van der Waals surface area contributed by atoms with Crippen molar-refractivity contribution < 1.29 is 0 Å². The van der Waals surface area contributed by atoms with Gasteiger partial charge in [0.05, 0.1) is 5.69 Å². The smallest absolute Gasteiger partial charge is 0.159 e. The summed E-state index contributed by atoms with van der Waals surface area (Å²) in [4.78, 5) is 13.4. The number of aromatic nitrogens is 3. The maximum atomic E-state index is 4.55. The molecule has 23 heavy (non-hydrogen) atoms. The van der Waals surface area contributed by atoms with Gasteiger partial charge < -0.3 is 0 Å². The lowest BCUT2D eigenvalue weighted by molar-refractivity contribution is 1.17. The van der Waals surface area contributed by atoms with Gasteiger partial charge in [-0.05, 0) is 53.6 Å². The lowest BCUT2D eigenvalue weighted by Crippen LogP contribution is -1.93. The molecule has 2 aromatic heterocycles. The van der Waals surface area contributed by atoms with Crippen LogP contribution < -0.4 is 0 Å². The number of hydrogen-bond acceptors (Lipinski definition) is 3. The van der Waals surface area contributed by atoms with Crippen LogP contribution in [0.3, 0.4) is 0 Å². The largest absolute Gasteiger partial charge is 0.256 e. The van der Waals surface area contributed by atoms with Gasteiger partial charge in [0.15, 0.2) is 5.82 Å². The highest BCUT2D eigenvalue weighted by molar-refractivity contribution is 5.94. The Hall–Kier alpha value is -3.07. The Balaban J connectivity index is 2.04. The van der Waals surface area contributed by atoms with Crippen LogP contribution in [-0.2, 0) is 0 Å². The number of nitrogens with zero attached hydrogens (tertiary/aromatic N) is 3. The molecular formula is C20H15N3. The molecule has 4 rings (SSSR count). The van der Waals surface area contributed by atoms with E-state index in [0.29, 0.717) is 0 Å². The fourth-order valence-electron chi connectivity index (χ4n) is 2.76. The normalized spacial score (nSPS) is 10.8. The van der Waals surface area contributed by atoms with Gasteiger partial charge in [-0.2, -0.15) is 0 Å². The van der Waals surface area contributed by atoms with E-state index in [0.717, 1.165) is 22.6 Å². The third kappa shape index (κ3) is 2.57. The maximum absolute atomic E-state index is 4.55. The quantitative estimate of drug-likeness (QED) is 0.540. The zero-order chi connectivity index (χ0) is 15.6. The van der Waals surface area contributed by atoms with Gasteiger partial charge >= 0.3 is 0 Å². The minimum absolute atomic E-state index is 0.719. The van der Waals surface area contributed by atoms with Crippen molar-refractivity contribution in [1.29, 1.82) is 0 Å². The van der Waals surface area contributed by atoms with Crippen LogP contribution in [-0.4, -0.2) is 15.0 Å². The molecule has 0 aliphatic carbocycles. The molecule has 0 spiro atoms. The lowest BCUT2D eigenvalue weighted by Gasteiger charge is -2.11. The minimum Gasteiger partial charge on any atom is -0.256 e. The van der Waals surface area contributed by atoms with E-state index in [1.54, 1.807) is 12.4 Å². The standard InChI is InChI=1S/C20H15N3/c1-14-7-10-21-19(11-14)17-12-15-5-2-3-6-16(15)13-18(17)20-22-8-4-9-23-20/h2-13H,1H3. The summed E-state index contributed by atoms with van der Waals surface area (Å²) < 4.78 is 0. The first kappa shape index (κ1) is 13.6. The Bertz CT molecular complexity index is 978. The van der Waals surface area contributed by atoms with Crippen LogP contribution in [0.1, 0.15) is 5.56 Å². The van der Waals surface area contributed by atoms with Crippen LogP contribution in [0.4, 0.5) is 0 Å². The molecule has 3 heteroatoms. The zero-order valence-electron chi connectivity index (χ0n) is 12.8. The second kappa shape index (κ2) is 5.61. The highest BCUT2D eigenvalue weighted by Crippen LogP contribution is 2.33. The Kier molecular flexibility index (Phi) is 3.31. The van der Waals surface area contributed by atoms with Crippen molar-refractivity contribution in [2.24, 2.45) is 0 Å². The summed E-state index contributed by atoms with van der Waals surface area (Å²) in [5.41, 5.74) is 4.18. The van der Waals surface area contributed by atoms with Gasteiger partial charge in [-0.15, -0.1) is 0 Å². The average molecular weight is 297 g/mol. The van der Waals surface area contributed by atoms with E-state index in [-0.39, 0.29) is 0 Å². The number of pyridine rings is 1. The Morgan fingerprint density at radius 2 is 1.35 bits per heavy atom. The molecule has 0 saturated carbocycles. The molecule has 4 aromatic rings. The molecular weight excluding hydrogens is 282 g/mol. The molecule has 0 aliphatic rings. The summed E-state index contributed by atoms with van der Waals surface area (Å²) >= 11 is 0. The van der Waals surface area contributed by atoms with Crippen molar-refractivity contribution in [3.8, 4) is 22.6 Å². The zero-order valence-corrected chi connectivity index (χ0v) is 12.8. The molecule has 110 valence electrons. The summed E-state index contributed by atoms with van der Waals surface area (Å²) in [5.74, 6) is 0.719. The van der Waals surface area contributed by atoms with E-state index in [1.165, 1.54) is 16.3 Å². The van der Waals surface area contributed by atoms with Crippen molar-refractivity contribution in [2.45, 2.75) is 6.92 Å². The van der Waals surface area contributed by atoms with Crippen molar-refractivity contribution in [3.63, 3.8) is 0 Å². The third-order valence-corrected chi connectivity index (χ3v) is 3.88. The molecule has 2 heterocycles. The van der Waals surface area contributed by atoms with Gasteiger partial charge in [-0.3, -0.25) is 4.98 Å². The van der Waals surface area contributed by atoms with E-state index in [2.05, 4.69) is 58.3 Å². The molecule has 3 nitrogen and oxygen atoms in total. The predicted octanol–water partition coefficient (Wildman–Crippen LogP) is 4.67. The number of hydrogen-bond donors (Lipinski definition) is 0. The number of benzene rings is 2. The number of rotatable bonds is 2. The first-order chi connectivity index (χ1) is 11.3. The van der Waals surface area contributed by atoms with Crippen LogP contribution in [0.15, 0.2) is 73.2 Å². The third-order valence-electron chi connectivity index (χ3n) is 3.88. The fraction of sp³-hybridized carbons (Fsp3) is 0.0500. The monoisotopic (exact) mass is 297 g/mol. The second-order valence-corrected chi connectivity index (χ2v) is 5.54. The van der Waals surface area contributed by atoms with Gasteiger partial charge in [0.2, 0.25) is 0 Å². The highest BCUT2D eigenvalue weighted by atomic mass is 14.9. The SMILES string of the molecule is Cc1ccnc(-c2cc3ccccc3cc2-c2ncccn2)c1. The molecule has 0 N–H and O–H groups in total. The first-order valence-corrected chi connectivity index (χ1v) is 7.54. The van der Waals surface area contributed by atoms with E-state index < -0.39 is 0 Å². The van der Waals surface area contributed by atoms with Crippen molar-refractivity contribution in [3.05, 3.63) is 78.8 Å². The van der Waals surface area contributed by atoms with E-state index in [1.807, 2.05) is 24.4 Å². The highest BCUT2D eigenvalue weighted by Gasteiger charge is 2.12. The van der Waals surface area contributed by atoms with Gasteiger partial charge in [0, 0.05) is 29.7 Å². The molecule has 2 aromatic carbocycles. The van der Waals surface area contributed by atoms with E-state index in [4.69, 9.17) is 0 Å². The molecule has 0 radical (unpaired) electrons. The Morgan fingerprint density at radius 1 is 0.652 bits per heavy atom. The van der Waals surface area contributed by atoms with Gasteiger partial charge in [-0.25, -0.2) is 9.97 Å². The van der Waals surface area contributed by atoms with Gasteiger partial charge in [0.1, 0.15) is 0 Å². The molecule has 0 aliphatic heterocycles. The molecule has 0 bridgehead atoms. The van der Waals surface area contributed by atoms with Crippen molar-refractivity contribution >= 4 is 10.8 Å². The summed E-state index contributed by atoms with van der Waals surface area (Å²) in [6.45, 7) is 2.07. The molecule has 0 fully saturated rings. The number of fused-ring (bicyclic) bond motifs is 1. The Labute approximate surface area is 134 Å². The maximum Gasteiger partial charge on any atom is 0.159 e. The summed E-state index contributed by atoms with van der Waals surface area (Å²) in [6, 6.07) is 18.6. The second-order valence-electron chi connectivity index (χ2n) is 5.54. The van der Waals surface area contributed by atoms with Gasteiger partial charge in [-0.1, -0.05) is 24.3 Å². The minimum atomic E-state index is 0.719. The van der Waals surface area contributed by atoms with Crippen LogP contribution in [0.2, 0.25) is 0 Å². The average Bonchev–Trinajstić information content (AvgIpc) is 2.61. The van der Waals surface area contributed by atoms with E-state index in [9.17, 15) is 0 Å². The molecule has 0 saturated heterocycles. The van der Waals surface area contributed by atoms with Crippen LogP contribution in [0.25, 0.3) is 33.4 Å². The van der Waals surface area contributed by atoms with Crippen LogP contribution in [0, 0.1) is 6.92 Å². The topological polar surface area (TPSA) is 38.7 Å². The predicted molar refractivity (Wildman–Crippen MR) is 92.9 cm³/mol. The first-order valence-electron chi connectivity index (χ1n) is 7.54. The van der Waals surface area contributed by atoms with Crippen molar-refractivity contribution in [2.75, 3.05) is 0 Å². The Morgan fingerprint density at radius 3 is 2.04 bits per heavy atom. The van der Waals surface area contributed by atoms with E-state index >= 15 is 0 Å². The van der Waals surface area contributed by atoms with Crippen LogP contribution in [0.5, 0.6) is 0 Å². The summed E-state index contributed by atoms with van der Waals surface area (Å²) in [5, 5.41) is 2.36. The fourth-order valence-corrected chi connectivity index (χ4v) is 2.76. The molecule has 0 amide bonds. The van der Waals surface area contributed by atoms with Crippen molar-refractivity contribution in [1.82, 2.24) is 15.0 Å². The van der Waals surface area contributed by atoms with Crippen LogP contribution >= 0.6 is 0 Å². The molecule has 0 unspecified atom stereocenters. The lowest BCUT2D eigenvalue weighted by atomic mass is 9.97. The number of aryl methyl sites for hydroxylation is 1. The summed E-state index contributed by atoms with van der Waals surface area (Å²) in [6.07, 6.45) is 5.38.